The monoisotopic (exact) mass is 301 g/mol. The van der Waals surface area contributed by atoms with Crippen LogP contribution in [0.4, 0.5) is 0 Å². The maximum Gasteiger partial charge on any atom is 0.119 e. The van der Waals surface area contributed by atoms with E-state index in [1.54, 1.807) is 7.11 Å². The highest BCUT2D eigenvalue weighted by atomic mass is 79.9. The molecule has 4 heteroatoms. The molecule has 0 aromatic heterocycles. The molecule has 0 radical (unpaired) electrons. The highest BCUT2D eigenvalue weighted by molar-refractivity contribution is 9.10. The Morgan fingerprint density at radius 2 is 2.12 bits per heavy atom. The summed E-state index contributed by atoms with van der Waals surface area (Å²) in [7, 11) is 1.67. The lowest BCUT2D eigenvalue weighted by Crippen LogP contribution is -2.14. The van der Waals surface area contributed by atoms with Crippen molar-refractivity contribution in [1.29, 1.82) is 0 Å². The molecule has 1 aromatic rings. The van der Waals surface area contributed by atoms with Crippen molar-refractivity contribution in [3.63, 3.8) is 0 Å². The second-order valence-electron chi connectivity index (χ2n) is 3.77. The molecule has 0 saturated carbocycles. The zero-order valence-corrected chi connectivity index (χ0v) is 12.0. The van der Waals surface area contributed by atoms with Crippen molar-refractivity contribution < 1.29 is 9.47 Å². The van der Waals surface area contributed by atoms with Gasteiger partial charge in [-0.2, -0.15) is 0 Å². The van der Waals surface area contributed by atoms with Gasteiger partial charge < -0.3 is 14.8 Å². The summed E-state index contributed by atoms with van der Waals surface area (Å²) in [6.45, 7) is 5.24. The fraction of sp³-hybridized carbons (Fsp3) is 0.538. The van der Waals surface area contributed by atoms with Gasteiger partial charge in [0, 0.05) is 18.1 Å². The average molecular weight is 302 g/mol. The molecule has 0 amide bonds. The van der Waals surface area contributed by atoms with Crippen molar-refractivity contribution in [1.82, 2.24) is 5.32 Å². The molecule has 0 bridgehead atoms. The van der Waals surface area contributed by atoms with E-state index < -0.39 is 0 Å². The van der Waals surface area contributed by atoms with E-state index in [1.807, 2.05) is 12.1 Å². The van der Waals surface area contributed by atoms with Gasteiger partial charge in [0.1, 0.15) is 12.4 Å². The van der Waals surface area contributed by atoms with Crippen molar-refractivity contribution in [2.75, 3.05) is 26.9 Å². The average Bonchev–Trinajstić information content (AvgIpc) is 2.33. The van der Waals surface area contributed by atoms with Crippen LogP contribution >= 0.6 is 15.9 Å². The summed E-state index contributed by atoms with van der Waals surface area (Å²) in [6.07, 6.45) is 1.14. The zero-order valence-electron chi connectivity index (χ0n) is 10.5. The molecule has 3 nitrogen and oxygen atoms in total. The number of hydrogen-bond donors (Lipinski definition) is 1. The molecule has 0 fully saturated rings. The Morgan fingerprint density at radius 3 is 2.82 bits per heavy atom. The van der Waals surface area contributed by atoms with Gasteiger partial charge >= 0.3 is 0 Å². The smallest absolute Gasteiger partial charge is 0.119 e. The number of nitrogens with one attached hydrogen (secondary N) is 1. The Morgan fingerprint density at radius 1 is 1.29 bits per heavy atom. The number of benzene rings is 1. The lowest BCUT2D eigenvalue weighted by Gasteiger charge is -2.10. The summed E-state index contributed by atoms with van der Waals surface area (Å²) in [5.74, 6) is 0.888. The molecule has 1 N–H and O–H groups in total. The van der Waals surface area contributed by atoms with E-state index >= 15 is 0 Å². The molecule has 0 aliphatic rings. The fourth-order valence-electron chi connectivity index (χ4n) is 1.42. The van der Waals surface area contributed by atoms with E-state index in [4.69, 9.17) is 9.47 Å². The summed E-state index contributed by atoms with van der Waals surface area (Å²) in [5.41, 5.74) is 1.22. The third-order valence-corrected chi connectivity index (χ3v) is 3.09. The topological polar surface area (TPSA) is 30.5 Å². The minimum Gasteiger partial charge on any atom is -0.491 e. The first kappa shape index (κ1) is 14.5. The molecule has 0 aliphatic heterocycles. The molecule has 0 unspecified atom stereocenters. The first-order valence-electron chi connectivity index (χ1n) is 5.88. The van der Waals surface area contributed by atoms with Crippen LogP contribution in [0.2, 0.25) is 0 Å². The van der Waals surface area contributed by atoms with Gasteiger partial charge in [0.25, 0.3) is 0 Å². The lowest BCUT2D eigenvalue weighted by atomic mass is 10.2. The number of methoxy groups -OCH3 is 1. The second kappa shape index (κ2) is 8.50. The molecular formula is C13H20BrNO2. The maximum atomic E-state index is 5.57. The highest BCUT2D eigenvalue weighted by Gasteiger charge is 2.02. The number of rotatable bonds is 8. The van der Waals surface area contributed by atoms with Gasteiger partial charge in [-0.15, -0.1) is 0 Å². The van der Waals surface area contributed by atoms with E-state index in [9.17, 15) is 0 Å². The standard InChI is InChI=1S/C13H20BrNO2/c1-3-6-15-10-11-9-12(4-5-13(11)14)17-8-7-16-2/h4-5,9,15H,3,6-8,10H2,1-2H3. The SMILES string of the molecule is CCCNCc1cc(OCCOC)ccc1Br. The van der Waals surface area contributed by atoms with Gasteiger partial charge in [-0.05, 0) is 36.7 Å². The Kier molecular flexibility index (Phi) is 7.24. The maximum absolute atomic E-state index is 5.57. The van der Waals surface area contributed by atoms with Crippen LogP contribution in [0.15, 0.2) is 22.7 Å². The first-order valence-corrected chi connectivity index (χ1v) is 6.68. The fourth-order valence-corrected chi connectivity index (χ4v) is 1.81. The summed E-state index contributed by atoms with van der Waals surface area (Å²) in [5, 5.41) is 3.38. The second-order valence-corrected chi connectivity index (χ2v) is 4.63. The number of ether oxygens (including phenoxy) is 2. The van der Waals surface area contributed by atoms with Crippen molar-refractivity contribution in [3.05, 3.63) is 28.2 Å². The molecule has 17 heavy (non-hydrogen) atoms. The quantitative estimate of drug-likeness (QED) is 0.749. The van der Waals surface area contributed by atoms with E-state index in [-0.39, 0.29) is 0 Å². The van der Waals surface area contributed by atoms with Crippen LogP contribution in [0, 0.1) is 0 Å². The van der Waals surface area contributed by atoms with Gasteiger partial charge in [0.15, 0.2) is 0 Å². The van der Waals surface area contributed by atoms with E-state index in [0.29, 0.717) is 13.2 Å². The predicted molar refractivity (Wildman–Crippen MR) is 73.5 cm³/mol. The molecule has 0 atom stereocenters. The summed E-state index contributed by atoms with van der Waals surface area (Å²) < 4.78 is 11.6. The zero-order chi connectivity index (χ0) is 12.5. The predicted octanol–water partition coefficient (Wildman–Crippen LogP) is 2.97. The van der Waals surface area contributed by atoms with Crippen molar-refractivity contribution in [2.45, 2.75) is 19.9 Å². The van der Waals surface area contributed by atoms with Crippen LogP contribution in [-0.4, -0.2) is 26.9 Å². The molecule has 0 heterocycles. The van der Waals surface area contributed by atoms with Gasteiger partial charge in [0.2, 0.25) is 0 Å². The molecular weight excluding hydrogens is 282 g/mol. The third-order valence-electron chi connectivity index (χ3n) is 2.32. The number of halogens is 1. The Labute approximate surface area is 112 Å². The highest BCUT2D eigenvalue weighted by Crippen LogP contribution is 2.22. The normalized spacial score (nSPS) is 10.5. The summed E-state index contributed by atoms with van der Waals surface area (Å²) in [4.78, 5) is 0. The van der Waals surface area contributed by atoms with E-state index in [1.165, 1.54) is 5.56 Å². The molecule has 96 valence electrons. The van der Waals surface area contributed by atoms with Crippen molar-refractivity contribution in [2.24, 2.45) is 0 Å². The molecule has 1 rings (SSSR count). The van der Waals surface area contributed by atoms with Crippen LogP contribution in [0.25, 0.3) is 0 Å². The Bertz CT molecular complexity index is 331. The summed E-state index contributed by atoms with van der Waals surface area (Å²) >= 11 is 3.54. The Balaban J connectivity index is 2.53. The minimum atomic E-state index is 0.583. The molecule has 0 spiro atoms. The van der Waals surface area contributed by atoms with Crippen LogP contribution in [0.1, 0.15) is 18.9 Å². The van der Waals surface area contributed by atoms with Gasteiger partial charge in [-0.3, -0.25) is 0 Å². The van der Waals surface area contributed by atoms with Crippen LogP contribution in [-0.2, 0) is 11.3 Å². The first-order chi connectivity index (χ1) is 8.27. The van der Waals surface area contributed by atoms with Crippen LogP contribution in [0.3, 0.4) is 0 Å². The van der Waals surface area contributed by atoms with Crippen molar-refractivity contribution >= 4 is 15.9 Å². The van der Waals surface area contributed by atoms with E-state index in [2.05, 4.69) is 34.2 Å². The van der Waals surface area contributed by atoms with Crippen molar-refractivity contribution in [3.8, 4) is 5.75 Å². The van der Waals surface area contributed by atoms with Gasteiger partial charge in [-0.25, -0.2) is 0 Å². The molecule has 0 aliphatic carbocycles. The van der Waals surface area contributed by atoms with Crippen LogP contribution < -0.4 is 10.1 Å². The van der Waals surface area contributed by atoms with Gasteiger partial charge in [0.05, 0.1) is 6.61 Å². The van der Waals surface area contributed by atoms with E-state index in [0.717, 1.165) is 29.7 Å². The third kappa shape index (κ3) is 5.52. The summed E-state index contributed by atoms with van der Waals surface area (Å²) in [6, 6.07) is 6.04. The number of hydrogen-bond acceptors (Lipinski definition) is 3. The lowest BCUT2D eigenvalue weighted by molar-refractivity contribution is 0.146. The molecule has 0 saturated heterocycles. The Hall–Kier alpha value is -0.580. The minimum absolute atomic E-state index is 0.583. The van der Waals surface area contributed by atoms with Gasteiger partial charge in [-0.1, -0.05) is 22.9 Å². The molecule has 1 aromatic carbocycles. The largest absolute Gasteiger partial charge is 0.491 e. The van der Waals surface area contributed by atoms with Crippen LogP contribution in [0.5, 0.6) is 5.75 Å².